The molecule has 0 bridgehead atoms. The minimum atomic E-state index is 0.362. The van der Waals surface area contributed by atoms with E-state index in [1.807, 2.05) is 0 Å². The molecule has 0 radical (unpaired) electrons. The number of rotatable bonds is 1. The van der Waals surface area contributed by atoms with Crippen LogP contribution < -0.4 is 5.73 Å². The molecule has 1 heterocycles. The number of nitrogen functional groups attached to an aromatic ring is 1. The third-order valence-electron chi connectivity index (χ3n) is 0.958. The molecule has 52 valence electrons. The Morgan fingerprint density at radius 2 is 2.20 bits per heavy atom. The second-order valence-corrected chi connectivity index (χ2v) is 1.65. The maximum atomic E-state index is 5.42. The number of hydrogen-bond acceptors (Lipinski definition) is 4. The van der Waals surface area contributed by atoms with E-state index >= 15 is 0 Å². The summed E-state index contributed by atoms with van der Waals surface area (Å²) < 4.78 is 0. The molecule has 0 aliphatic heterocycles. The van der Waals surface area contributed by atoms with E-state index in [1.165, 1.54) is 6.20 Å². The lowest BCUT2D eigenvalue weighted by Gasteiger charge is -1.93. The molecule has 0 saturated carbocycles. The quantitative estimate of drug-likeness (QED) is 0.580. The number of nitrogens with two attached hydrogens (primary N) is 1. The molecule has 0 aromatic carbocycles. The maximum Gasteiger partial charge on any atom is 0.194 e. The fourth-order valence-corrected chi connectivity index (χ4v) is 0.563. The molecule has 1 aromatic heterocycles. The van der Waals surface area contributed by atoms with Crippen LogP contribution in [0, 0.1) is 0 Å². The van der Waals surface area contributed by atoms with Crippen molar-refractivity contribution in [2.45, 2.75) is 6.92 Å². The largest absolute Gasteiger partial charge is 0.381 e. The summed E-state index contributed by atoms with van der Waals surface area (Å²) in [7, 11) is 0. The summed E-state index contributed by atoms with van der Waals surface area (Å²) in [6, 6.07) is 0. The fourth-order valence-electron chi connectivity index (χ4n) is 0.563. The van der Waals surface area contributed by atoms with Gasteiger partial charge < -0.3 is 5.73 Å². The molecule has 0 spiro atoms. The van der Waals surface area contributed by atoms with Crippen LogP contribution in [-0.4, -0.2) is 16.2 Å². The monoisotopic (exact) mass is 136 g/mol. The van der Waals surface area contributed by atoms with Crippen molar-refractivity contribution in [3.05, 3.63) is 12.4 Å². The fraction of sp³-hybridized carbons (Fsp3) is 0.167. The van der Waals surface area contributed by atoms with Gasteiger partial charge in [-0.05, 0) is 6.92 Å². The number of aromatic nitrogens is 2. The van der Waals surface area contributed by atoms with Crippen molar-refractivity contribution >= 4 is 17.9 Å². The lowest BCUT2D eigenvalue weighted by molar-refractivity contribution is 1.19. The Labute approximate surface area is 58.8 Å². The molecule has 1 rings (SSSR count). The average molecular weight is 136 g/mol. The van der Waals surface area contributed by atoms with E-state index in [0.717, 1.165) is 0 Å². The lowest BCUT2D eigenvalue weighted by Crippen LogP contribution is -1.90. The lowest BCUT2D eigenvalue weighted by atomic mass is 10.6. The highest BCUT2D eigenvalue weighted by atomic mass is 15.0. The summed E-state index contributed by atoms with van der Waals surface area (Å²) in [5.41, 5.74) is 5.42. The van der Waals surface area contributed by atoms with Gasteiger partial charge in [0.25, 0.3) is 0 Å². The van der Waals surface area contributed by atoms with Crippen molar-refractivity contribution in [2.75, 3.05) is 5.73 Å². The number of nitrogens with zero attached hydrogens (tertiary/aromatic N) is 3. The van der Waals surface area contributed by atoms with Gasteiger partial charge >= 0.3 is 0 Å². The second kappa shape index (κ2) is 2.91. The summed E-state index contributed by atoms with van der Waals surface area (Å²) in [6.07, 6.45) is 4.71. The van der Waals surface area contributed by atoms with Crippen LogP contribution in [-0.2, 0) is 0 Å². The Morgan fingerprint density at radius 1 is 1.50 bits per heavy atom. The Balaban J connectivity index is 3.03. The summed E-state index contributed by atoms with van der Waals surface area (Å²) >= 11 is 0. The summed E-state index contributed by atoms with van der Waals surface area (Å²) in [5.74, 6) is 0.839. The first kappa shape index (κ1) is 6.67. The van der Waals surface area contributed by atoms with Crippen LogP contribution in [0.25, 0.3) is 0 Å². The van der Waals surface area contributed by atoms with Crippen molar-refractivity contribution in [1.29, 1.82) is 0 Å². The highest BCUT2D eigenvalue weighted by Crippen LogP contribution is 2.12. The van der Waals surface area contributed by atoms with Gasteiger partial charge in [-0.25, -0.2) is 15.0 Å². The highest BCUT2D eigenvalue weighted by molar-refractivity contribution is 5.63. The predicted molar refractivity (Wildman–Crippen MR) is 40.3 cm³/mol. The molecule has 2 N–H and O–H groups in total. The highest BCUT2D eigenvalue weighted by Gasteiger charge is 1.93. The van der Waals surface area contributed by atoms with Crippen LogP contribution in [0.1, 0.15) is 6.92 Å². The van der Waals surface area contributed by atoms with Crippen LogP contribution in [0.5, 0.6) is 0 Å². The first-order chi connectivity index (χ1) is 4.84. The Hall–Kier alpha value is -1.45. The van der Waals surface area contributed by atoms with E-state index in [4.69, 9.17) is 5.73 Å². The van der Waals surface area contributed by atoms with Crippen LogP contribution in [0.15, 0.2) is 17.4 Å². The van der Waals surface area contributed by atoms with Gasteiger partial charge in [-0.2, -0.15) is 0 Å². The summed E-state index contributed by atoms with van der Waals surface area (Å²) in [4.78, 5) is 11.6. The number of aliphatic imine (C=N–C) groups is 1. The van der Waals surface area contributed by atoms with Gasteiger partial charge in [0.05, 0.1) is 0 Å². The predicted octanol–water partition coefficient (Wildman–Crippen LogP) is 0.781. The molecule has 0 aliphatic rings. The van der Waals surface area contributed by atoms with Crippen LogP contribution in [0.2, 0.25) is 0 Å². The molecular weight excluding hydrogens is 128 g/mol. The Kier molecular flexibility index (Phi) is 1.94. The van der Waals surface area contributed by atoms with Crippen molar-refractivity contribution in [3.8, 4) is 0 Å². The number of anilines is 1. The normalized spacial score (nSPS) is 10.5. The molecule has 0 saturated heterocycles. The zero-order valence-corrected chi connectivity index (χ0v) is 5.65. The SMILES string of the molecule is C/C=N\c1nccnc1N. The van der Waals surface area contributed by atoms with Gasteiger partial charge in [-0.1, -0.05) is 0 Å². The molecule has 4 heteroatoms. The topological polar surface area (TPSA) is 64.2 Å². The minimum absolute atomic E-state index is 0.362. The van der Waals surface area contributed by atoms with Gasteiger partial charge in [0.2, 0.25) is 0 Å². The first-order valence-electron chi connectivity index (χ1n) is 2.89. The molecule has 4 nitrogen and oxygen atoms in total. The molecule has 0 aliphatic carbocycles. The maximum absolute atomic E-state index is 5.42. The van der Waals surface area contributed by atoms with E-state index in [2.05, 4.69) is 15.0 Å². The van der Waals surface area contributed by atoms with Gasteiger partial charge in [-0.3, -0.25) is 0 Å². The van der Waals surface area contributed by atoms with E-state index in [1.54, 1.807) is 19.3 Å². The van der Waals surface area contributed by atoms with Gasteiger partial charge in [0.1, 0.15) is 0 Å². The van der Waals surface area contributed by atoms with Crippen molar-refractivity contribution < 1.29 is 0 Å². The van der Waals surface area contributed by atoms with Gasteiger partial charge in [0, 0.05) is 18.6 Å². The van der Waals surface area contributed by atoms with Crippen molar-refractivity contribution in [2.24, 2.45) is 4.99 Å². The van der Waals surface area contributed by atoms with Crippen molar-refractivity contribution in [1.82, 2.24) is 9.97 Å². The molecule has 10 heavy (non-hydrogen) atoms. The summed E-state index contributed by atoms with van der Waals surface area (Å²) in [5, 5.41) is 0. The molecule has 0 atom stereocenters. The van der Waals surface area contributed by atoms with Gasteiger partial charge in [0.15, 0.2) is 11.6 Å². The Bertz CT molecular complexity index is 243. The van der Waals surface area contributed by atoms with Gasteiger partial charge in [-0.15, -0.1) is 0 Å². The third kappa shape index (κ3) is 1.28. The van der Waals surface area contributed by atoms with E-state index in [9.17, 15) is 0 Å². The van der Waals surface area contributed by atoms with E-state index in [-0.39, 0.29) is 0 Å². The van der Waals surface area contributed by atoms with Crippen LogP contribution >= 0.6 is 0 Å². The van der Waals surface area contributed by atoms with Crippen LogP contribution in [0.3, 0.4) is 0 Å². The van der Waals surface area contributed by atoms with E-state index < -0.39 is 0 Å². The first-order valence-corrected chi connectivity index (χ1v) is 2.89. The molecule has 0 fully saturated rings. The molecule has 0 amide bonds. The van der Waals surface area contributed by atoms with Crippen molar-refractivity contribution in [3.63, 3.8) is 0 Å². The molecule has 1 aromatic rings. The smallest absolute Gasteiger partial charge is 0.194 e. The standard InChI is InChI=1S/C6H8N4/c1-2-8-6-5(7)9-3-4-10-6/h2-4H,1H3,(H2,7,9)/b8-2-. The third-order valence-corrected chi connectivity index (χ3v) is 0.958. The molecule has 0 unspecified atom stereocenters. The second-order valence-electron chi connectivity index (χ2n) is 1.65. The zero-order valence-electron chi connectivity index (χ0n) is 5.65. The molecular formula is C6H8N4. The minimum Gasteiger partial charge on any atom is -0.381 e. The van der Waals surface area contributed by atoms with E-state index in [0.29, 0.717) is 11.6 Å². The zero-order chi connectivity index (χ0) is 7.40. The summed E-state index contributed by atoms with van der Waals surface area (Å²) in [6.45, 7) is 1.80. The number of hydrogen-bond donors (Lipinski definition) is 1. The average Bonchev–Trinajstić information content (AvgIpc) is 1.94. The Morgan fingerprint density at radius 3 is 2.80 bits per heavy atom. The van der Waals surface area contributed by atoms with Crippen LogP contribution in [0.4, 0.5) is 11.6 Å².